The van der Waals surface area contributed by atoms with Gasteiger partial charge in [0.15, 0.2) is 5.60 Å². The van der Waals surface area contributed by atoms with E-state index in [0.717, 1.165) is 0 Å². The quantitative estimate of drug-likeness (QED) is 0.430. The second kappa shape index (κ2) is 9.62. The first-order valence-electron chi connectivity index (χ1n) is 7.87. The third kappa shape index (κ3) is 6.25. The number of amides is 1. The summed E-state index contributed by atoms with van der Waals surface area (Å²) >= 11 is 5.92. The van der Waals surface area contributed by atoms with Crippen molar-refractivity contribution < 1.29 is 14.6 Å². The largest absolute Gasteiger partial charge is 0.495 e. The Bertz CT molecular complexity index is 814. The zero-order chi connectivity index (χ0) is 19.7. The second-order valence-electron chi connectivity index (χ2n) is 5.76. The maximum Gasteiger partial charge on any atom is 0.259 e. The van der Waals surface area contributed by atoms with E-state index < -0.39 is 11.5 Å². The molecular formula is C19H20ClN3O3. The van der Waals surface area contributed by atoms with Crippen LogP contribution in [0.1, 0.15) is 32.8 Å². The molecule has 26 heavy (non-hydrogen) atoms. The average molecular weight is 374 g/mol. The summed E-state index contributed by atoms with van der Waals surface area (Å²) in [6, 6.07) is 8.40. The Morgan fingerprint density at radius 3 is 2.65 bits per heavy atom. The third-order valence-corrected chi connectivity index (χ3v) is 3.77. The number of rotatable bonds is 7. The SMILES string of the molecule is CC/C(C#N)=C\C=C(/C)OCC(C)(O)C(=O)Nc1ccc(C#N)c(Cl)c1. The van der Waals surface area contributed by atoms with Gasteiger partial charge in [0, 0.05) is 11.3 Å². The fourth-order valence-electron chi connectivity index (χ4n) is 1.77. The molecule has 0 saturated carbocycles. The van der Waals surface area contributed by atoms with Gasteiger partial charge in [-0.05, 0) is 50.6 Å². The van der Waals surface area contributed by atoms with Crippen LogP contribution in [0.15, 0.2) is 41.7 Å². The van der Waals surface area contributed by atoms with Crippen molar-refractivity contribution >= 4 is 23.2 Å². The van der Waals surface area contributed by atoms with E-state index in [0.29, 0.717) is 23.4 Å². The number of carbonyl (C=O) groups excluding carboxylic acids is 1. The number of benzene rings is 1. The number of allylic oxidation sites excluding steroid dienone is 4. The highest BCUT2D eigenvalue weighted by Crippen LogP contribution is 2.21. The van der Waals surface area contributed by atoms with Crippen LogP contribution in [-0.4, -0.2) is 23.2 Å². The highest BCUT2D eigenvalue weighted by Gasteiger charge is 2.31. The number of nitrogens with zero attached hydrogens (tertiary/aromatic N) is 2. The molecule has 136 valence electrons. The summed E-state index contributed by atoms with van der Waals surface area (Å²) in [5.41, 5.74) is -0.550. The minimum atomic E-state index is -1.79. The molecule has 1 aromatic carbocycles. The minimum Gasteiger partial charge on any atom is -0.495 e. The molecule has 1 atom stereocenters. The average Bonchev–Trinajstić information content (AvgIpc) is 2.61. The molecular weight excluding hydrogens is 354 g/mol. The first-order chi connectivity index (χ1) is 12.2. The van der Waals surface area contributed by atoms with Crippen LogP contribution in [0.2, 0.25) is 5.02 Å². The van der Waals surface area contributed by atoms with Crippen molar-refractivity contribution in [2.75, 3.05) is 11.9 Å². The molecule has 6 nitrogen and oxygen atoms in total. The van der Waals surface area contributed by atoms with E-state index in [4.69, 9.17) is 26.9 Å². The number of nitrogens with one attached hydrogen (secondary N) is 1. The number of ether oxygens (including phenoxy) is 1. The van der Waals surface area contributed by atoms with Gasteiger partial charge >= 0.3 is 0 Å². The molecule has 0 aliphatic carbocycles. The number of nitriles is 2. The van der Waals surface area contributed by atoms with Gasteiger partial charge in [0.1, 0.15) is 12.7 Å². The maximum absolute atomic E-state index is 12.2. The maximum atomic E-state index is 12.2. The van der Waals surface area contributed by atoms with Gasteiger partial charge in [0.2, 0.25) is 0 Å². The van der Waals surface area contributed by atoms with Crippen LogP contribution in [0.3, 0.4) is 0 Å². The van der Waals surface area contributed by atoms with Crippen LogP contribution < -0.4 is 5.32 Å². The molecule has 1 aromatic rings. The predicted octanol–water partition coefficient (Wildman–Crippen LogP) is 3.68. The van der Waals surface area contributed by atoms with Crippen LogP contribution in [-0.2, 0) is 9.53 Å². The lowest BCUT2D eigenvalue weighted by molar-refractivity contribution is -0.136. The Kier molecular flexibility index (Phi) is 7.86. The zero-order valence-electron chi connectivity index (χ0n) is 14.8. The van der Waals surface area contributed by atoms with Gasteiger partial charge in [-0.2, -0.15) is 10.5 Å². The highest BCUT2D eigenvalue weighted by molar-refractivity contribution is 6.32. The Hall–Kier alpha value is -2.80. The van der Waals surface area contributed by atoms with Gasteiger partial charge in [-0.15, -0.1) is 0 Å². The molecule has 0 spiro atoms. The van der Waals surface area contributed by atoms with Crippen LogP contribution in [0.4, 0.5) is 5.69 Å². The van der Waals surface area contributed by atoms with Crippen molar-refractivity contribution in [1.29, 1.82) is 10.5 Å². The summed E-state index contributed by atoms with van der Waals surface area (Å²) < 4.78 is 5.39. The van der Waals surface area contributed by atoms with Crippen LogP contribution >= 0.6 is 11.6 Å². The van der Waals surface area contributed by atoms with E-state index in [1.54, 1.807) is 19.1 Å². The minimum absolute atomic E-state index is 0.205. The first kappa shape index (κ1) is 21.2. The number of carbonyl (C=O) groups is 1. The van der Waals surface area contributed by atoms with Gasteiger partial charge in [-0.25, -0.2) is 0 Å². The van der Waals surface area contributed by atoms with Crippen molar-refractivity contribution in [3.05, 3.63) is 52.3 Å². The van der Waals surface area contributed by atoms with Crippen LogP contribution in [0, 0.1) is 22.7 Å². The number of halogens is 1. The predicted molar refractivity (Wildman–Crippen MR) is 99.1 cm³/mol. The van der Waals surface area contributed by atoms with E-state index in [-0.39, 0.29) is 17.2 Å². The third-order valence-electron chi connectivity index (χ3n) is 3.46. The van der Waals surface area contributed by atoms with Gasteiger partial charge in [0.25, 0.3) is 5.91 Å². The molecule has 0 bridgehead atoms. The molecule has 0 aliphatic heterocycles. The summed E-state index contributed by atoms with van der Waals surface area (Å²) in [5.74, 6) is -0.214. The topological polar surface area (TPSA) is 106 Å². The fraction of sp³-hybridized carbons (Fsp3) is 0.316. The lowest BCUT2D eigenvalue weighted by atomic mass is 10.1. The molecule has 7 heteroatoms. The summed E-state index contributed by atoms with van der Waals surface area (Å²) in [7, 11) is 0. The van der Waals surface area contributed by atoms with Gasteiger partial charge in [-0.1, -0.05) is 18.5 Å². The number of anilines is 1. The van der Waals surface area contributed by atoms with Crippen molar-refractivity contribution in [2.24, 2.45) is 0 Å². The van der Waals surface area contributed by atoms with Crippen molar-refractivity contribution in [1.82, 2.24) is 0 Å². The lowest BCUT2D eigenvalue weighted by Crippen LogP contribution is -2.44. The number of aliphatic hydroxyl groups is 1. The van der Waals surface area contributed by atoms with E-state index in [9.17, 15) is 9.90 Å². The van der Waals surface area contributed by atoms with E-state index >= 15 is 0 Å². The van der Waals surface area contributed by atoms with Crippen molar-refractivity contribution in [2.45, 2.75) is 32.8 Å². The highest BCUT2D eigenvalue weighted by atomic mass is 35.5. The molecule has 1 rings (SSSR count). The smallest absolute Gasteiger partial charge is 0.259 e. The molecule has 0 aromatic heterocycles. The van der Waals surface area contributed by atoms with Crippen molar-refractivity contribution in [3.63, 3.8) is 0 Å². The summed E-state index contributed by atoms with van der Waals surface area (Å²) in [6.07, 6.45) is 3.84. The molecule has 1 unspecified atom stereocenters. The normalized spacial score (nSPS) is 14.0. The molecule has 2 N–H and O–H groups in total. The van der Waals surface area contributed by atoms with Gasteiger partial charge < -0.3 is 15.2 Å². The number of hydrogen-bond donors (Lipinski definition) is 2. The van der Waals surface area contributed by atoms with Gasteiger partial charge in [-0.3, -0.25) is 4.79 Å². The van der Waals surface area contributed by atoms with E-state index in [1.165, 1.54) is 25.1 Å². The van der Waals surface area contributed by atoms with Crippen LogP contribution in [0.25, 0.3) is 0 Å². The summed E-state index contributed by atoms with van der Waals surface area (Å²) in [5, 5.41) is 30.8. The first-order valence-corrected chi connectivity index (χ1v) is 8.25. The van der Waals surface area contributed by atoms with Crippen molar-refractivity contribution in [3.8, 4) is 12.1 Å². The van der Waals surface area contributed by atoms with Gasteiger partial charge in [0.05, 0.1) is 22.4 Å². The fourth-order valence-corrected chi connectivity index (χ4v) is 1.99. The van der Waals surface area contributed by atoms with E-state index in [2.05, 4.69) is 11.4 Å². The molecule has 0 fully saturated rings. The molecule has 1 amide bonds. The van der Waals surface area contributed by atoms with E-state index in [1.807, 2.05) is 13.0 Å². The Balaban J connectivity index is 2.72. The molecule has 0 saturated heterocycles. The monoisotopic (exact) mass is 373 g/mol. The summed E-state index contributed by atoms with van der Waals surface area (Å²) in [4.78, 5) is 12.2. The molecule has 0 heterocycles. The Labute approximate surface area is 158 Å². The number of hydrogen-bond acceptors (Lipinski definition) is 5. The Morgan fingerprint density at radius 2 is 2.12 bits per heavy atom. The standard InChI is InChI=1S/C19H20ClN3O3/c1-4-14(10-21)6-5-13(2)26-12-19(3,25)18(24)23-16-8-7-15(11-22)17(20)9-16/h5-9,25H,4,12H2,1-3H3,(H,23,24)/b13-5+,14-6+. The van der Waals surface area contributed by atoms with Crippen LogP contribution in [0.5, 0.6) is 0 Å². The summed E-state index contributed by atoms with van der Waals surface area (Å²) in [6.45, 7) is 4.58. The molecule has 0 aliphatic rings. The zero-order valence-corrected chi connectivity index (χ0v) is 15.6. The Morgan fingerprint density at radius 1 is 1.42 bits per heavy atom. The second-order valence-corrected chi connectivity index (χ2v) is 6.16. The molecule has 0 radical (unpaired) electrons. The lowest BCUT2D eigenvalue weighted by Gasteiger charge is -2.22.